The third-order valence-electron chi connectivity index (χ3n) is 4.87. The Bertz CT molecular complexity index is 576. The van der Waals surface area contributed by atoms with Gasteiger partial charge < -0.3 is 28.4 Å². The van der Waals surface area contributed by atoms with Crippen molar-refractivity contribution in [2.24, 2.45) is 0 Å². The smallest absolute Gasteiger partial charge is 0.191 e. The van der Waals surface area contributed by atoms with Crippen LogP contribution in [-0.4, -0.2) is 58.3 Å². The van der Waals surface area contributed by atoms with Crippen molar-refractivity contribution in [3.05, 3.63) is 42.0 Å². The van der Waals surface area contributed by atoms with Gasteiger partial charge in [0.05, 0.1) is 12.7 Å². The maximum absolute atomic E-state index is 5.97. The van der Waals surface area contributed by atoms with E-state index in [1.165, 1.54) is 5.56 Å². The van der Waals surface area contributed by atoms with Crippen molar-refractivity contribution in [2.75, 3.05) is 39.6 Å². The molecule has 6 nitrogen and oxygen atoms in total. The molecule has 6 heteroatoms. The summed E-state index contributed by atoms with van der Waals surface area (Å²) in [6.07, 6.45) is 5.91. The van der Waals surface area contributed by atoms with Gasteiger partial charge in [0.15, 0.2) is 12.6 Å². The predicted octanol–water partition coefficient (Wildman–Crippen LogP) is 4.68. The van der Waals surface area contributed by atoms with Crippen LogP contribution < -0.4 is 4.74 Å². The standard InChI is InChI=1S/C24H38O6/c1-5-25-23(26-6-2)17-29-21-13-9-19(10-14-21)20-11-15-22(16-12-20)30-18-24(27-7-3)28-8-4/h9-11,13-15,20,22-24H,5-8,12,16-18H2,1-4H3/t20-,22+/m0/s1. The minimum absolute atomic E-state index is 0.112. The largest absolute Gasteiger partial charge is 0.488 e. The van der Waals surface area contributed by atoms with E-state index in [4.69, 9.17) is 28.4 Å². The average Bonchev–Trinajstić information content (AvgIpc) is 2.77. The molecule has 0 spiro atoms. The number of allylic oxidation sites excluding steroid dienone is 1. The maximum Gasteiger partial charge on any atom is 0.191 e. The first-order valence-electron chi connectivity index (χ1n) is 11.2. The third-order valence-corrected chi connectivity index (χ3v) is 4.87. The lowest BCUT2D eigenvalue weighted by atomic mass is 9.88. The molecule has 1 aromatic carbocycles. The van der Waals surface area contributed by atoms with Crippen molar-refractivity contribution in [1.29, 1.82) is 0 Å². The molecule has 2 rings (SSSR count). The highest BCUT2D eigenvalue weighted by molar-refractivity contribution is 5.32. The van der Waals surface area contributed by atoms with Gasteiger partial charge in [-0.25, -0.2) is 0 Å². The summed E-state index contributed by atoms with van der Waals surface area (Å²) in [6.45, 7) is 11.1. The van der Waals surface area contributed by atoms with E-state index < -0.39 is 0 Å². The average molecular weight is 423 g/mol. The zero-order valence-electron chi connectivity index (χ0n) is 18.9. The Balaban J connectivity index is 1.80. The Labute approximate surface area is 181 Å². The molecule has 0 saturated heterocycles. The van der Waals surface area contributed by atoms with Crippen molar-refractivity contribution in [3.63, 3.8) is 0 Å². The third kappa shape index (κ3) is 8.74. The highest BCUT2D eigenvalue weighted by Crippen LogP contribution is 2.30. The van der Waals surface area contributed by atoms with Crippen LogP contribution in [0.25, 0.3) is 0 Å². The van der Waals surface area contributed by atoms with Gasteiger partial charge in [0.25, 0.3) is 0 Å². The Morgan fingerprint density at radius 1 is 0.733 bits per heavy atom. The summed E-state index contributed by atoms with van der Waals surface area (Å²) < 4.78 is 33.9. The second-order valence-corrected chi connectivity index (χ2v) is 7.00. The van der Waals surface area contributed by atoms with Gasteiger partial charge in [-0.2, -0.15) is 0 Å². The predicted molar refractivity (Wildman–Crippen MR) is 117 cm³/mol. The molecule has 1 aliphatic rings. The van der Waals surface area contributed by atoms with Gasteiger partial charge >= 0.3 is 0 Å². The van der Waals surface area contributed by atoms with Crippen molar-refractivity contribution >= 4 is 0 Å². The van der Waals surface area contributed by atoms with E-state index in [9.17, 15) is 0 Å². The summed E-state index contributed by atoms with van der Waals surface area (Å²) in [4.78, 5) is 0. The van der Waals surface area contributed by atoms with Crippen molar-refractivity contribution < 1.29 is 28.4 Å². The fraction of sp³-hybridized carbons (Fsp3) is 0.667. The lowest BCUT2D eigenvalue weighted by Gasteiger charge is -2.25. The lowest BCUT2D eigenvalue weighted by molar-refractivity contribution is -0.173. The van der Waals surface area contributed by atoms with Gasteiger partial charge in [-0.1, -0.05) is 24.3 Å². The molecule has 0 saturated carbocycles. The molecule has 0 amide bonds. The molecular formula is C24H38O6. The van der Waals surface area contributed by atoms with E-state index >= 15 is 0 Å². The maximum atomic E-state index is 5.97. The second kappa shape index (κ2) is 14.5. The molecule has 0 fully saturated rings. The highest BCUT2D eigenvalue weighted by Gasteiger charge is 2.19. The quantitative estimate of drug-likeness (QED) is 0.302. The summed E-state index contributed by atoms with van der Waals surface area (Å²) in [5.41, 5.74) is 1.28. The van der Waals surface area contributed by atoms with Gasteiger partial charge in [-0.15, -0.1) is 0 Å². The van der Waals surface area contributed by atoms with Gasteiger partial charge in [0, 0.05) is 32.3 Å². The minimum Gasteiger partial charge on any atom is -0.488 e. The van der Waals surface area contributed by atoms with E-state index in [-0.39, 0.29) is 18.7 Å². The van der Waals surface area contributed by atoms with E-state index in [1.807, 2.05) is 39.8 Å². The molecule has 0 aromatic heterocycles. The topological polar surface area (TPSA) is 55.4 Å². The molecule has 1 aromatic rings. The van der Waals surface area contributed by atoms with Crippen LogP contribution in [0, 0.1) is 0 Å². The first-order chi connectivity index (χ1) is 14.7. The first kappa shape index (κ1) is 24.8. The van der Waals surface area contributed by atoms with Gasteiger partial charge in [-0.3, -0.25) is 0 Å². The molecule has 0 unspecified atom stereocenters. The molecule has 0 bridgehead atoms. The van der Waals surface area contributed by atoms with Crippen molar-refractivity contribution in [2.45, 2.75) is 65.1 Å². The first-order valence-corrected chi connectivity index (χ1v) is 11.2. The van der Waals surface area contributed by atoms with E-state index in [2.05, 4.69) is 24.3 Å². The lowest BCUT2D eigenvalue weighted by Crippen LogP contribution is -2.27. The highest BCUT2D eigenvalue weighted by atomic mass is 16.7. The monoisotopic (exact) mass is 422 g/mol. The molecule has 30 heavy (non-hydrogen) atoms. The molecule has 1 aliphatic carbocycles. The number of ether oxygens (including phenoxy) is 6. The number of hydrogen-bond acceptors (Lipinski definition) is 6. The Hall–Kier alpha value is -1.44. The number of hydrogen-bond donors (Lipinski definition) is 0. The SMILES string of the molecule is CCOC(COc1ccc([C@H]2C=C[C@@H](OCC(OCC)OCC)CC2)cc1)OCC. The molecule has 0 aliphatic heterocycles. The van der Waals surface area contributed by atoms with Crippen LogP contribution in [0.5, 0.6) is 5.75 Å². The Morgan fingerprint density at radius 3 is 1.80 bits per heavy atom. The van der Waals surface area contributed by atoms with Crippen LogP contribution in [0.15, 0.2) is 36.4 Å². The number of benzene rings is 1. The van der Waals surface area contributed by atoms with Gasteiger partial charge in [-0.05, 0) is 58.2 Å². The van der Waals surface area contributed by atoms with Crippen LogP contribution in [0.1, 0.15) is 52.0 Å². The van der Waals surface area contributed by atoms with E-state index in [0.717, 1.165) is 18.6 Å². The summed E-state index contributed by atoms with van der Waals surface area (Å²) in [5.74, 6) is 1.22. The minimum atomic E-state index is -0.331. The van der Waals surface area contributed by atoms with Crippen molar-refractivity contribution in [3.8, 4) is 5.75 Å². The van der Waals surface area contributed by atoms with Crippen LogP contribution >= 0.6 is 0 Å². The van der Waals surface area contributed by atoms with Crippen LogP contribution in [0.2, 0.25) is 0 Å². The fourth-order valence-electron chi connectivity index (χ4n) is 3.42. The molecule has 0 heterocycles. The fourth-order valence-corrected chi connectivity index (χ4v) is 3.42. The zero-order chi connectivity index (χ0) is 21.6. The van der Waals surface area contributed by atoms with Crippen LogP contribution in [0.3, 0.4) is 0 Å². The summed E-state index contributed by atoms with van der Waals surface area (Å²) >= 11 is 0. The summed E-state index contributed by atoms with van der Waals surface area (Å²) in [7, 11) is 0. The Kier molecular flexibility index (Phi) is 12.0. The van der Waals surface area contributed by atoms with Crippen LogP contribution in [-0.2, 0) is 23.7 Å². The molecule has 2 atom stereocenters. The summed E-state index contributed by atoms with van der Waals surface area (Å²) in [5, 5.41) is 0. The molecule has 0 N–H and O–H groups in total. The molecule has 0 radical (unpaired) electrons. The second-order valence-electron chi connectivity index (χ2n) is 7.00. The van der Waals surface area contributed by atoms with E-state index in [0.29, 0.717) is 45.6 Å². The molecule has 170 valence electrons. The Morgan fingerprint density at radius 2 is 1.30 bits per heavy atom. The van der Waals surface area contributed by atoms with E-state index in [1.54, 1.807) is 0 Å². The zero-order valence-corrected chi connectivity index (χ0v) is 18.9. The number of rotatable bonds is 15. The van der Waals surface area contributed by atoms with Gasteiger partial charge in [0.2, 0.25) is 0 Å². The van der Waals surface area contributed by atoms with Gasteiger partial charge in [0.1, 0.15) is 12.4 Å². The normalized spacial score (nSPS) is 19.0. The van der Waals surface area contributed by atoms with Crippen molar-refractivity contribution in [1.82, 2.24) is 0 Å². The van der Waals surface area contributed by atoms with Crippen LogP contribution in [0.4, 0.5) is 0 Å². The summed E-state index contributed by atoms with van der Waals surface area (Å²) in [6, 6.07) is 8.27. The molecular weight excluding hydrogens is 384 g/mol.